The van der Waals surface area contributed by atoms with E-state index in [9.17, 15) is 4.79 Å². The summed E-state index contributed by atoms with van der Waals surface area (Å²) >= 11 is 1.74. The number of carbonyl (C=O) groups is 1. The lowest BCUT2D eigenvalue weighted by Crippen LogP contribution is -2.26. The normalized spacial score (nSPS) is 11.2. The minimum atomic E-state index is 0.000343. The molecule has 4 nitrogen and oxygen atoms in total. The second-order valence-corrected chi connectivity index (χ2v) is 7.85. The number of H-pyrrole nitrogens is 1. The lowest BCUT2D eigenvalue weighted by Gasteiger charge is -2.09. The highest BCUT2D eigenvalue weighted by atomic mass is 32.1. The Kier molecular flexibility index (Phi) is 4.86. The smallest absolute Gasteiger partial charge is 0.253 e. The van der Waals surface area contributed by atoms with Gasteiger partial charge in [-0.05, 0) is 49.4 Å². The maximum Gasteiger partial charge on any atom is 0.253 e. The van der Waals surface area contributed by atoms with Gasteiger partial charge in [-0.2, -0.15) is 0 Å². The van der Waals surface area contributed by atoms with E-state index >= 15 is 0 Å². The van der Waals surface area contributed by atoms with Crippen LogP contribution in [0.3, 0.4) is 0 Å². The van der Waals surface area contributed by atoms with Crippen LogP contribution in [0.1, 0.15) is 32.2 Å². The lowest BCUT2D eigenvalue weighted by molar-refractivity contribution is 0.0953. The molecule has 0 aliphatic carbocycles. The molecule has 1 amide bonds. The number of aromatic amines is 1. The Bertz CT molecular complexity index is 1070. The number of nitrogens with zero attached hydrogens (tertiary/aromatic N) is 1. The second-order valence-electron chi connectivity index (χ2n) is 6.82. The van der Waals surface area contributed by atoms with Crippen molar-refractivity contribution in [2.45, 2.75) is 26.8 Å². The summed E-state index contributed by atoms with van der Waals surface area (Å²) < 4.78 is 2.21. The standard InChI is InChI=1S/C22H23N3OS/c1-15-12-20(16(2)25(15)14-18-6-5-11-27-18)22(26)23-10-9-17-13-24-21-8-4-3-7-19(17)21/h3-8,11-13,24H,9-10,14H2,1-2H3,(H,23,26). The first-order valence-electron chi connectivity index (χ1n) is 9.16. The van der Waals surface area contributed by atoms with Crippen molar-refractivity contribution in [2.24, 2.45) is 0 Å². The first kappa shape index (κ1) is 17.6. The van der Waals surface area contributed by atoms with Gasteiger partial charge in [0.1, 0.15) is 0 Å². The molecule has 0 unspecified atom stereocenters. The van der Waals surface area contributed by atoms with Crippen molar-refractivity contribution in [3.63, 3.8) is 0 Å². The summed E-state index contributed by atoms with van der Waals surface area (Å²) in [6.07, 6.45) is 2.84. The molecule has 1 aromatic carbocycles. The third-order valence-electron chi connectivity index (χ3n) is 5.07. The number of para-hydroxylation sites is 1. The van der Waals surface area contributed by atoms with E-state index in [-0.39, 0.29) is 5.91 Å². The molecular formula is C22H23N3OS. The fourth-order valence-electron chi connectivity index (χ4n) is 3.58. The quantitative estimate of drug-likeness (QED) is 0.504. The number of rotatable bonds is 6. The molecule has 0 atom stereocenters. The number of hydrogen-bond donors (Lipinski definition) is 2. The molecule has 0 bridgehead atoms. The minimum Gasteiger partial charge on any atom is -0.361 e. The molecule has 0 radical (unpaired) electrons. The van der Waals surface area contributed by atoms with Gasteiger partial charge in [0.2, 0.25) is 0 Å². The summed E-state index contributed by atoms with van der Waals surface area (Å²) in [7, 11) is 0. The van der Waals surface area contributed by atoms with Crippen LogP contribution in [-0.2, 0) is 13.0 Å². The summed E-state index contributed by atoms with van der Waals surface area (Å²) in [4.78, 5) is 17.3. The predicted octanol–water partition coefficient (Wildman–Crippen LogP) is 4.67. The van der Waals surface area contributed by atoms with Crippen molar-refractivity contribution in [1.82, 2.24) is 14.9 Å². The lowest BCUT2D eigenvalue weighted by atomic mass is 10.1. The number of aromatic nitrogens is 2. The van der Waals surface area contributed by atoms with Gasteiger partial charge in [-0.3, -0.25) is 4.79 Å². The molecule has 0 fully saturated rings. The number of thiophene rings is 1. The van der Waals surface area contributed by atoms with Gasteiger partial charge in [-0.1, -0.05) is 24.3 Å². The molecule has 3 aromatic heterocycles. The van der Waals surface area contributed by atoms with Gasteiger partial charge in [0, 0.05) is 39.9 Å². The summed E-state index contributed by atoms with van der Waals surface area (Å²) in [6.45, 7) is 5.52. The van der Waals surface area contributed by atoms with E-state index in [1.807, 2.05) is 31.3 Å². The van der Waals surface area contributed by atoms with E-state index in [1.165, 1.54) is 15.8 Å². The van der Waals surface area contributed by atoms with Crippen LogP contribution in [0.15, 0.2) is 54.0 Å². The van der Waals surface area contributed by atoms with Gasteiger partial charge in [0.15, 0.2) is 0 Å². The van der Waals surface area contributed by atoms with Crippen LogP contribution in [0.2, 0.25) is 0 Å². The van der Waals surface area contributed by atoms with E-state index in [1.54, 1.807) is 11.3 Å². The summed E-state index contributed by atoms with van der Waals surface area (Å²) in [6, 6.07) is 14.4. The van der Waals surface area contributed by atoms with Crippen molar-refractivity contribution in [3.05, 3.63) is 81.4 Å². The highest BCUT2D eigenvalue weighted by molar-refractivity contribution is 7.09. The zero-order valence-electron chi connectivity index (χ0n) is 15.6. The van der Waals surface area contributed by atoms with Crippen molar-refractivity contribution in [1.29, 1.82) is 0 Å². The number of nitrogens with one attached hydrogen (secondary N) is 2. The molecule has 2 N–H and O–H groups in total. The zero-order valence-corrected chi connectivity index (χ0v) is 16.4. The Hall–Kier alpha value is -2.79. The molecule has 27 heavy (non-hydrogen) atoms. The highest BCUT2D eigenvalue weighted by Gasteiger charge is 2.16. The molecule has 0 saturated carbocycles. The largest absolute Gasteiger partial charge is 0.361 e. The molecular weight excluding hydrogens is 354 g/mol. The maximum atomic E-state index is 12.7. The number of carbonyl (C=O) groups excluding carboxylic acids is 1. The van der Waals surface area contributed by atoms with Crippen molar-refractivity contribution in [3.8, 4) is 0 Å². The monoisotopic (exact) mass is 377 g/mol. The van der Waals surface area contributed by atoms with E-state index in [4.69, 9.17) is 0 Å². The highest BCUT2D eigenvalue weighted by Crippen LogP contribution is 2.20. The fraction of sp³-hybridized carbons (Fsp3) is 0.227. The number of benzene rings is 1. The van der Waals surface area contributed by atoms with Gasteiger partial charge >= 0.3 is 0 Å². The number of amides is 1. The Morgan fingerprint density at radius 2 is 2.04 bits per heavy atom. The average molecular weight is 378 g/mol. The van der Waals surface area contributed by atoms with Crippen LogP contribution in [0.4, 0.5) is 0 Å². The Morgan fingerprint density at radius 1 is 1.19 bits per heavy atom. The third-order valence-corrected chi connectivity index (χ3v) is 5.93. The van der Waals surface area contributed by atoms with Gasteiger partial charge in [0.05, 0.1) is 12.1 Å². The molecule has 0 saturated heterocycles. The third kappa shape index (κ3) is 3.55. The molecule has 4 rings (SSSR count). The van der Waals surface area contributed by atoms with Crippen molar-refractivity contribution in [2.75, 3.05) is 6.54 Å². The Morgan fingerprint density at radius 3 is 2.85 bits per heavy atom. The number of hydrogen-bond acceptors (Lipinski definition) is 2. The van der Waals surface area contributed by atoms with E-state index in [2.05, 4.69) is 51.4 Å². The molecule has 0 spiro atoms. The number of aryl methyl sites for hydroxylation is 1. The first-order valence-corrected chi connectivity index (χ1v) is 10.0. The topological polar surface area (TPSA) is 49.8 Å². The molecule has 0 aliphatic heterocycles. The second kappa shape index (κ2) is 7.45. The Balaban J connectivity index is 1.42. The minimum absolute atomic E-state index is 0.000343. The first-order chi connectivity index (χ1) is 13.1. The van der Waals surface area contributed by atoms with E-state index in [0.29, 0.717) is 6.54 Å². The molecule has 0 aliphatic rings. The van der Waals surface area contributed by atoms with Gasteiger partial charge in [0.25, 0.3) is 5.91 Å². The summed E-state index contributed by atoms with van der Waals surface area (Å²) in [5, 5.41) is 6.39. The van der Waals surface area contributed by atoms with Gasteiger partial charge < -0.3 is 14.9 Å². The summed E-state index contributed by atoms with van der Waals surface area (Å²) in [5.41, 5.74) is 5.26. The van der Waals surface area contributed by atoms with Crippen LogP contribution < -0.4 is 5.32 Å². The van der Waals surface area contributed by atoms with E-state index < -0.39 is 0 Å². The van der Waals surface area contributed by atoms with Crippen molar-refractivity contribution >= 4 is 28.1 Å². The number of fused-ring (bicyclic) bond motifs is 1. The predicted molar refractivity (Wildman–Crippen MR) is 112 cm³/mol. The van der Waals surface area contributed by atoms with Gasteiger partial charge in [-0.25, -0.2) is 0 Å². The molecule has 5 heteroatoms. The van der Waals surface area contributed by atoms with Crippen LogP contribution in [0.25, 0.3) is 10.9 Å². The zero-order chi connectivity index (χ0) is 18.8. The summed E-state index contributed by atoms with van der Waals surface area (Å²) in [5.74, 6) is 0.000343. The Labute approximate surface area is 162 Å². The SMILES string of the molecule is Cc1cc(C(=O)NCCc2c[nH]c3ccccc23)c(C)n1Cc1cccs1. The molecule has 138 valence electrons. The maximum absolute atomic E-state index is 12.7. The molecule has 3 heterocycles. The fourth-order valence-corrected chi connectivity index (χ4v) is 4.27. The van der Waals surface area contributed by atoms with Crippen LogP contribution in [0, 0.1) is 13.8 Å². The molecule has 4 aromatic rings. The van der Waals surface area contributed by atoms with E-state index in [0.717, 1.165) is 35.4 Å². The van der Waals surface area contributed by atoms with Crippen LogP contribution in [0.5, 0.6) is 0 Å². The average Bonchev–Trinajstić information content (AvgIpc) is 3.38. The van der Waals surface area contributed by atoms with Crippen molar-refractivity contribution < 1.29 is 4.79 Å². The van der Waals surface area contributed by atoms with Gasteiger partial charge in [-0.15, -0.1) is 11.3 Å². The van der Waals surface area contributed by atoms with Crippen LogP contribution >= 0.6 is 11.3 Å². The van der Waals surface area contributed by atoms with Crippen LogP contribution in [-0.4, -0.2) is 22.0 Å².